The number of rotatable bonds is 15. The van der Waals surface area contributed by atoms with E-state index in [-0.39, 0.29) is 70.4 Å². The van der Waals surface area contributed by atoms with Gasteiger partial charge in [-0.1, -0.05) is 20.9 Å². The summed E-state index contributed by atoms with van der Waals surface area (Å²) in [4.78, 5) is 71.1. The molecule has 0 aromatic heterocycles. The molecule has 0 atom stereocenters. The van der Waals surface area contributed by atoms with E-state index < -0.39 is 23.7 Å². The molecule has 0 aromatic carbocycles. The summed E-state index contributed by atoms with van der Waals surface area (Å²) in [6.07, 6.45) is 1.81. The van der Waals surface area contributed by atoms with Gasteiger partial charge >= 0.3 is 24.2 Å². The van der Waals surface area contributed by atoms with Gasteiger partial charge in [0.05, 0.1) is 18.5 Å². The maximum atomic E-state index is 11.7. The molecule has 0 unspecified atom stereocenters. The van der Waals surface area contributed by atoms with Crippen LogP contribution in [0.4, 0.5) is 9.59 Å². The molecule has 246 valence electrons. The maximum absolute atomic E-state index is 11.7. The molecule has 2 amide bonds. The Morgan fingerprint density at radius 2 is 1.12 bits per heavy atom. The molecule has 0 aliphatic carbocycles. The molecule has 0 spiro atoms. The van der Waals surface area contributed by atoms with Gasteiger partial charge in [0.25, 0.3) is 0 Å². The molecule has 2 aliphatic heterocycles. The van der Waals surface area contributed by atoms with Crippen molar-refractivity contribution in [2.75, 3.05) is 65.8 Å². The van der Waals surface area contributed by atoms with E-state index in [9.17, 15) is 28.8 Å². The van der Waals surface area contributed by atoms with Crippen LogP contribution in [0.2, 0.25) is 0 Å². The van der Waals surface area contributed by atoms with Gasteiger partial charge in [0.1, 0.15) is 39.6 Å². The zero-order valence-electron chi connectivity index (χ0n) is 25.1. The topological polar surface area (TPSA) is 164 Å². The van der Waals surface area contributed by atoms with Crippen molar-refractivity contribution in [2.24, 2.45) is 5.41 Å². The van der Waals surface area contributed by atoms with Crippen LogP contribution >= 0.6 is 0 Å². The van der Waals surface area contributed by atoms with Gasteiger partial charge in [-0.3, -0.25) is 14.4 Å². The van der Waals surface area contributed by atoms with Crippen molar-refractivity contribution in [1.29, 1.82) is 0 Å². The van der Waals surface area contributed by atoms with E-state index >= 15 is 0 Å². The van der Waals surface area contributed by atoms with Crippen LogP contribution in [0.5, 0.6) is 0 Å². The molecule has 0 bridgehead atoms. The van der Waals surface area contributed by atoms with Crippen LogP contribution in [0.1, 0.15) is 67.2 Å². The number of hydrogen-bond acceptors (Lipinski definition) is 12. The first-order valence-electron chi connectivity index (χ1n) is 14.0. The summed E-state index contributed by atoms with van der Waals surface area (Å²) in [7, 11) is 0. The standard InChI is InChI=1S/C15H25NO6.C13H19NO6.CH4/c1-4-15(2,3)13(18)20-10-11-22-14(19)21-9-8-16-7-5-6-12(16)17;1-10(2)12(16)18-8-9-20-13(17)19-7-6-14-5-3-4-11(14)15;/h4-11H2,1-3H3;1,3-9H2,2H3;1H4. The van der Waals surface area contributed by atoms with Crippen LogP contribution in [0.25, 0.3) is 0 Å². The highest BCUT2D eigenvalue weighted by Gasteiger charge is 2.27. The van der Waals surface area contributed by atoms with Crippen molar-refractivity contribution in [3.63, 3.8) is 0 Å². The number of esters is 2. The second kappa shape index (κ2) is 20.9. The molecule has 43 heavy (non-hydrogen) atoms. The van der Waals surface area contributed by atoms with E-state index in [0.717, 1.165) is 12.8 Å². The highest BCUT2D eigenvalue weighted by atomic mass is 16.7. The predicted octanol–water partition coefficient (Wildman–Crippen LogP) is 3.26. The Bertz CT molecular complexity index is 950. The normalized spacial score (nSPS) is 14.1. The number of amides is 2. The number of likely N-dealkylation sites (tertiary alicyclic amines) is 2. The van der Waals surface area contributed by atoms with Gasteiger partial charge < -0.3 is 38.2 Å². The summed E-state index contributed by atoms with van der Waals surface area (Å²) >= 11 is 0. The maximum Gasteiger partial charge on any atom is 0.508 e. The Morgan fingerprint density at radius 1 is 0.721 bits per heavy atom. The fraction of sp³-hybridized carbons (Fsp3) is 0.724. The third-order valence-electron chi connectivity index (χ3n) is 6.36. The van der Waals surface area contributed by atoms with E-state index in [1.807, 2.05) is 6.92 Å². The van der Waals surface area contributed by atoms with Gasteiger partial charge in [-0.15, -0.1) is 0 Å². The van der Waals surface area contributed by atoms with Crippen molar-refractivity contribution in [1.82, 2.24) is 9.80 Å². The predicted molar refractivity (Wildman–Crippen MR) is 154 cm³/mol. The fourth-order valence-corrected chi connectivity index (χ4v) is 3.42. The van der Waals surface area contributed by atoms with Crippen LogP contribution in [-0.2, 0) is 47.6 Å². The lowest BCUT2D eigenvalue weighted by atomic mass is 9.91. The molecular weight excluding hydrogens is 568 g/mol. The number of hydrogen-bond donors (Lipinski definition) is 0. The number of carbonyl (C=O) groups is 6. The molecule has 2 aliphatic rings. The number of ether oxygens (including phenoxy) is 6. The average Bonchev–Trinajstić information content (AvgIpc) is 3.56. The van der Waals surface area contributed by atoms with E-state index in [0.29, 0.717) is 45.4 Å². The smallest absolute Gasteiger partial charge is 0.462 e. The monoisotopic (exact) mass is 616 g/mol. The molecule has 0 radical (unpaired) electrons. The molecule has 2 rings (SSSR count). The fourth-order valence-electron chi connectivity index (χ4n) is 3.42. The largest absolute Gasteiger partial charge is 0.508 e. The zero-order chi connectivity index (χ0) is 31.5. The summed E-state index contributed by atoms with van der Waals surface area (Å²) in [5, 5.41) is 0. The summed E-state index contributed by atoms with van der Waals surface area (Å²) in [6.45, 7) is 12.6. The number of nitrogens with zero attached hydrogens (tertiary/aromatic N) is 2. The highest BCUT2D eigenvalue weighted by Crippen LogP contribution is 2.21. The van der Waals surface area contributed by atoms with Gasteiger partial charge in [-0.05, 0) is 40.0 Å². The Kier molecular flexibility index (Phi) is 19.1. The molecular formula is C29H48N2O12. The van der Waals surface area contributed by atoms with Crippen LogP contribution in [0.15, 0.2) is 12.2 Å². The minimum Gasteiger partial charge on any atom is -0.462 e. The van der Waals surface area contributed by atoms with Crippen molar-refractivity contribution in [3.05, 3.63) is 12.2 Å². The first-order chi connectivity index (χ1) is 19.9. The van der Waals surface area contributed by atoms with E-state index in [4.69, 9.17) is 28.4 Å². The molecule has 0 saturated carbocycles. The molecule has 2 fully saturated rings. The Morgan fingerprint density at radius 3 is 1.49 bits per heavy atom. The third kappa shape index (κ3) is 16.4. The van der Waals surface area contributed by atoms with E-state index in [1.54, 1.807) is 23.6 Å². The Labute approximate surface area is 253 Å². The molecule has 2 saturated heterocycles. The lowest BCUT2D eigenvalue weighted by molar-refractivity contribution is -0.155. The van der Waals surface area contributed by atoms with Crippen molar-refractivity contribution >= 4 is 36.1 Å². The van der Waals surface area contributed by atoms with Crippen molar-refractivity contribution in [3.8, 4) is 0 Å². The van der Waals surface area contributed by atoms with E-state index in [2.05, 4.69) is 6.58 Å². The molecule has 2 heterocycles. The number of carbonyl (C=O) groups excluding carboxylic acids is 6. The van der Waals surface area contributed by atoms with Crippen LogP contribution < -0.4 is 0 Å². The Balaban J connectivity index is 0.000000805. The minimum absolute atomic E-state index is 0. The van der Waals surface area contributed by atoms with E-state index in [1.165, 1.54) is 6.92 Å². The molecule has 14 heteroatoms. The van der Waals surface area contributed by atoms with Gasteiger partial charge in [-0.25, -0.2) is 14.4 Å². The second-order valence-corrected chi connectivity index (χ2v) is 10.2. The SMILES string of the molecule is C.C=C(C)C(=O)OCCOC(=O)OCCN1CCCC1=O.CCC(C)(C)C(=O)OCCOC(=O)OCCN1CCCC1=O. The Hall–Kier alpha value is -3.84. The molecule has 0 aromatic rings. The van der Waals surface area contributed by atoms with Gasteiger partial charge in [0.2, 0.25) is 11.8 Å². The average molecular weight is 617 g/mol. The molecule has 14 nitrogen and oxygen atoms in total. The lowest BCUT2D eigenvalue weighted by Gasteiger charge is -2.20. The highest BCUT2D eigenvalue weighted by molar-refractivity contribution is 5.86. The summed E-state index contributed by atoms with van der Waals surface area (Å²) in [6, 6.07) is 0. The van der Waals surface area contributed by atoms with Crippen LogP contribution in [0, 0.1) is 5.41 Å². The minimum atomic E-state index is -0.844. The van der Waals surface area contributed by atoms with Crippen LogP contribution in [0.3, 0.4) is 0 Å². The van der Waals surface area contributed by atoms with Crippen LogP contribution in [-0.4, -0.2) is 112 Å². The van der Waals surface area contributed by atoms with Gasteiger partial charge in [-0.2, -0.15) is 0 Å². The third-order valence-corrected chi connectivity index (χ3v) is 6.36. The summed E-state index contributed by atoms with van der Waals surface area (Å²) in [5.41, 5.74) is -0.258. The zero-order valence-corrected chi connectivity index (χ0v) is 25.1. The van der Waals surface area contributed by atoms with Gasteiger partial charge in [0.15, 0.2) is 0 Å². The first-order valence-corrected chi connectivity index (χ1v) is 14.0. The first kappa shape index (κ1) is 39.2. The molecule has 0 N–H and O–H groups in total. The van der Waals surface area contributed by atoms with Crippen molar-refractivity contribution < 1.29 is 57.2 Å². The van der Waals surface area contributed by atoms with Gasteiger partial charge in [0, 0.05) is 31.5 Å². The summed E-state index contributed by atoms with van der Waals surface area (Å²) < 4.78 is 28.9. The second-order valence-electron chi connectivity index (χ2n) is 10.2. The quantitative estimate of drug-likeness (QED) is 0.114. The summed E-state index contributed by atoms with van der Waals surface area (Å²) in [5.74, 6) is -0.690. The van der Waals surface area contributed by atoms with Crippen molar-refractivity contribution in [2.45, 2.75) is 67.2 Å². The lowest BCUT2D eigenvalue weighted by Crippen LogP contribution is -2.29.